The normalized spacial score (nSPS) is 11.0. The lowest BCUT2D eigenvalue weighted by molar-refractivity contribution is -0.125. The van der Waals surface area contributed by atoms with Crippen LogP contribution < -0.4 is 21.1 Å². The van der Waals surface area contributed by atoms with Gasteiger partial charge in [-0.1, -0.05) is 26.0 Å². The fourth-order valence-corrected chi connectivity index (χ4v) is 2.16. The molecule has 0 aliphatic heterocycles. The first-order valence-electron chi connectivity index (χ1n) is 8.48. The van der Waals surface area contributed by atoms with Crippen LogP contribution in [0.3, 0.4) is 0 Å². The Labute approximate surface area is 177 Å². The highest BCUT2D eigenvalue weighted by Crippen LogP contribution is 2.23. The minimum atomic E-state index is -0.637. The number of anilines is 1. The van der Waals surface area contributed by atoms with E-state index in [0.29, 0.717) is 24.6 Å². The molecule has 156 valence electrons. The van der Waals surface area contributed by atoms with E-state index in [2.05, 4.69) is 15.6 Å². The topological polar surface area (TPSA) is 111 Å². The number of ether oxygens (including phenoxy) is 1. The van der Waals surface area contributed by atoms with Crippen molar-refractivity contribution in [3.05, 3.63) is 43.0 Å². The number of hydrogen-bond donors (Lipinski definition) is 3. The molecule has 1 aromatic carbocycles. The molecular formula is C18H27Cl2N5O3. The molecular weight excluding hydrogens is 405 g/mol. The number of halogens is 2. The molecule has 0 aliphatic carbocycles. The Kier molecular flexibility index (Phi) is 11.9. The third-order valence-electron chi connectivity index (χ3n) is 3.77. The van der Waals surface area contributed by atoms with Crippen LogP contribution in [0.4, 0.5) is 5.69 Å². The number of carbonyl (C=O) groups is 2. The summed E-state index contributed by atoms with van der Waals surface area (Å²) >= 11 is 0. The van der Waals surface area contributed by atoms with Gasteiger partial charge in [-0.15, -0.1) is 24.8 Å². The average Bonchev–Trinajstić information content (AvgIpc) is 3.13. The zero-order chi connectivity index (χ0) is 18.9. The zero-order valence-corrected chi connectivity index (χ0v) is 17.5. The predicted octanol–water partition coefficient (Wildman–Crippen LogP) is 1.84. The summed E-state index contributed by atoms with van der Waals surface area (Å²) in [5.74, 6) is -0.131. The van der Waals surface area contributed by atoms with Crippen molar-refractivity contribution < 1.29 is 14.3 Å². The highest BCUT2D eigenvalue weighted by atomic mass is 35.5. The minimum Gasteiger partial charge on any atom is -0.490 e. The lowest BCUT2D eigenvalue weighted by atomic mass is 10.1. The van der Waals surface area contributed by atoms with Crippen molar-refractivity contribution in [3.8, 4) is 5.75 Å². The lowest BCUT2D eigenvalue weighted by Crippen LogP contribution is -2.46. The molecule has 0 radical (unpaired) electrons. The minimum absolute atomic E-state index is 0. The summed E-state index contributed by atoms with van der Waals surface area (Å²) < 4.78 is 7.63. The van der Waals surface area contributed by atoms with E-state index in [0.717, 1.165) is 0 Å². The first-order chi connectivity index (χ1) is 12.5. The van der Waals surface area contributed by atoms with Gasteiger partial charge in [-0.05, 0) is 18.1 Å². The van der Waals surface area contributed by atoms with Crippen LogP contribution in [0.1, 0.15) is 13.8 Å². The number of para-hydroxylation sites is 2. The van der Waals surface area contributed by atoms with Crippen molar-refractivity contribution in [1.82, 2.24) is 14.9 Å². The lowest BCUT2D eigenvalue weighted by Gasteiger charge is -2.16. The van der Waals surface area contributed by atoms with Gasteiger partial charge in [0.25, 0.3) is 0 Å². The number of nitrogens with two attached hydrogens (primary N) is 1. The number of imidazole rings is 1. The van der Waals surface area contributed by atoms with Gasteiger partial charge in [-0.3, -0.25) is 9.59 Å². The van der Waals surface area contributed by atoms with Gasteiger partial charge < -0.3 is 25.7 Å². The Morgan fingerprint density at radius 3 is 2.61 bits per heavy atom. The Bertz CT molecular complexity index is 726. The molecule has 0 spiro atoms. The van der Waals surface area contributed by atoms with E-state index in [9.17, 15) is 9.59 Å². The molecule has 4 N–H and O–H groups in total. The maximum Gasteiger partial charge on any atom is 0.243 e. The second-order valence-corrected chi connectivity index (χ2v) is 6.18. The highest BCUT2D eigenvalue weighted by molar-refractivity contribution is 5.96. The van der Waals surface area contributed by atoms with Crippen LogP contribution in [0.15, 0.2) is 43.0 Å². The van der Waals surface area contributed by atoms with E-state index in [4.69, 9.17) is 10.5 Å². The van der Waals surface area contributed by atoms with Crippen molar-refractivity contribution in [3.63, 3.8) is 0 Å². The first kappa shape index (κ1) is 25.7. The Balaban J connectivity index is 0.00000364. The monoisotopic (exact) mass is 431 g/mol. The molecule has 1 aromatic heterocycles. The van der Waals surface area contributed by atoms with Gasteiger partial charge in [0, 0.05) is 12.4 Å². The van der Waals surface area contributed by atoms with Crippen LogP contribution in [0, 0.1) is 5.92 Å². The summed E-state index contributed by atoms with van der Waals surface area (Å²) in [5, 5.41) is 5.28. The third-order valence-corrected chi connectivity index (χ3v) is 3.77. The van der Waals surface area contributed by atoms with Crippen LogP contribution in [0.2, 0.25) is 0 Å². The molecule has 10 heteroatoms. The van der Waals surface area contributed by atoms with Crippen LogP contribution in [0.25, 0.3) is 0 Å². The summed E-state index contributed by atoms with van der Waals surface area (Å²) in [6.07, 6.45) is 5.26. The molecule has 2 amide bonds. The molecule has 1 heterocycles. The first-order valence-corrected chi connectivity index (χ1v) is 8.48. The molecule has 1 atom stereocenters. The highest BCUT2D eigenvalue weighted by Gasteiger charge is 2.17. The molecule has 0 saturated heterocycles. The third kappa shape index (κ3) is 8.16. The Morgan fingerprint density at radius 2 is 1.96 bits per heavy atom. The molecule has 28 heavy (non-hydrogen) atoms. The van der Waals surface area contributed by atoms with Gasteiger partial charge in [0.2, 0.25) is 11.8 Å². The summed E-state index contributed by atoms with van der Waals surface area (Å²) in [6, 6.07) is 6.50. The standard InChI is InChI=1S/C18H25N5O3.2ClH/c1-13(2)17(19)18(25)21-11-16(24)22-14-5-3-4-6-15(14)26-10-9-23-8-7-20-12-23;;/h3-8,12-13,17H,9-11,19H2,1-2H3,(H,21,25)(H,22,24);2*1H/t17-;;/m0../s1. The smallest absolute Gasteiger partial charge is 0.243 e. The van der Waals surface area contributed by atoms with Gasteiger partial charge in [-0.2, -0.15) is 0 Å². The molecule has 0 fully saturated rings. The molecule has 0 saturated carbocycles. The van der Waals surface area contributed by atoms with Crippen LogP contribution in [0.5, 0.6) is 5.75 Å². The van der Waals surface area contributed by atoms with Gasteiger partial charge in [0.05, 0.1) is 31.1 Å². The number of rotatable bonds is 9. The van der Waals surface area contributed by atoms with E-state index < -0.39 is 6.04 Å². The van der Waals surface area contributed by atoms with Crippen LogP contribution in [-0.2, 0) is 16.1 Å². The van der Waals surface area contributed by atoms with E-state index >= 15 is 0 Å². The van der Waals surface area contributed by atoms with Crippen molar-refractivity contribution >= 4 is 42.3 Å². The second kappa shape index (κ2) is 13.0. The van der Waals surface area contributed by atoms with E-state index in [-0.39, 0.29) is 49.1 Å². The number of hydrogen-bond acceptors (Lipinski definition) is 5. The number of amides is 2. The molecule has 0 aliphatic rings. The summed E-state index contributed by atoms with van der Waals surface area (Å²) in [5.41, 5.74) is 6.29. The van der Waals surface area contributed by atoms with Crippen molar-refractivity contribution in [1.29, 1.82) is 0 Å². The van der Waals surface area contributed by atoms with Crippen LogP contribution in [-0.4, -0.2) is 40.6 Å². The van der Waals surface area contributed by atoms with E-state index in [1.54, 1.807) is 30.7 Å². The summed E-state index contributed by atoms with van der Waals surface area (Å²) in [4.78, 5) is 27.9. The summed E-state index contributed by atoms with van der Waals surface area (Å²) in [6.45, 7) is 4.63. The average molecular weight is 432 g/mol. The molecule has 8 nitrogen and oxygen atoms in total. The van der Waals surface area contributed by atoms with E-state index in [1.807, 2.05) is 30.7 Å². The van der Waals surface area contributed by atoms with Gasteiger partial charge in [-0.25, -0.2) is 4.98 Å². The Hall–Kier alpha value is -2.29. The number of nitrogens with zero attached hydrogens (tertiary/aromatic N) is 2. The number of nitrogens with one attached hydrogen (secondary N) is 2. The van der Waals surface area contributed by atoms with Crippen molar-refractivity contribution in [2.75, 3.05) is 18.5 Å². The quantitative estimate of drug-likeness (QED) is 0.560. The maximum absolute atomic E-state index is 12.1. The predicted molar refractivity (Wildman–Crippen MR) is 113 cm³/mol. The fraction of sp³-hybridized carbons (Fsp3) is 0.389. The van der Waals surface area contributed by atoms with Crippen molar-refractivity contribution in [2.45, 2.75) is 26.4 Å². The maximum atomic E-state index is 12.1. The Morgan fingerprint density at radius 1 is 1.25 bits per heavy atom. The van der Waals surface area contributed by atoms with Gasteiger partial charge >= 0.3 is 0 Å². The molecule has 0 bridgehead atoms. The molecule has 0 unspecified atom stereocenters. The number of aromatic nitrogens is 2. The molecule has 2 rings (SSSR count). The summed E-state index contributed by atoms with van der Waals surface area (Å²) in [7, 11) is 0. The van der Waals surface area contributed by atoms with Gasteiger partial charge in [0.1, 0.15) is 12.4 Å². The van der Waals surface area contributed by atoms with Crippen molar-refractivity contribution in [2.24, 2.45) is 11.7 Å². The fourth-order valence-electron chi connectivity index (χ4n) is 2.16. The van der Waals surface area contributed by atoms with Crippen LogP contribution >= 0.6 is 24.8 Å². The zero-order valence-electron chi connectivity index (χ0n) is 15.8. The number of benzene rings is 1. The number of carbonyl (C=O) groups excluding carboxylic acids is 2. The largest absolute Gasteiger partial charge is 0.490 e. The SMILES string of the molecule is CC(C)[C@H](N)C(=O)NCC(=O)Nc1ccccc1OCCn1ccnc1.Cl.Cl. The second-order valence-electron chi connectivity index (χ2n) is 6.18. The van der Waals surface area contributed by atoms with E-state index in [1.165, 1.54) is 0 Å². The van der Waals surface area contributed by atoms with Gasteiger partial charge in [0.15, 0.2) is 0 Å². The molecule has 2 aromatic rings.